The maximum absolute atomic E-state index is 12.4. The number of hydrogen-bond donors (Lipinski definition) is 0. The Kier molecular flexibility index (Phi) is 4.48. The van der Waals surface area contributed by atoms with Gasteiger partial charge in [0.25, 0.3) is 5.91 Å². The van der Waals surface area contributed by atoms with Crippen LogP contribution in [0.1, 0.15) is 23.2 Å². The molecule has 3 rings (SSSR count). The molecule has 2 aromatic heterocycles. The first kappa shape index (κ1) is 14.7. The summed E-state index contributed by atoms with van der Waals surface area (Å²) in [5.41, 5.74) is 0.589. The summed E-state index contributed by atoms with van der Waals surface area (Å²) >= 11 is 5.75. The number of pyridine rings is 1. The third-order valence-electron chi connectivity index (χ3n) is 3.44. The quantitative estimate of drug-likeness (QED) is 0.868. The van der Waals surface area contributed by atoms with Gasteiger partial charge >= 0.3 is 6.01 Å². The summed E-state index contributed by atoms with van der Waals surface area (Å²) in [5.74, 6) is -0.0292. The van der Waals surface area contributed by atoms with Crippen molar-refractivity contribution in [2.45, 2.75) is 18.9 Å². The second-order valence-corrected chi connectivity index (χ2v) is 5.50. The SMILES string of the molecule is O=C(c1cccnc1)N1CCCC(Oc2ncc(Cl)cn2)C1. The Labute approximate surface area is 133 Å². The van der Waals surface area contributed by atoms with Crippen molar-refractivity contribution in [3.8, 4) is 6.01 Å². The molecule has 0 bridgehead atoms. The van der Waals surface area contributed by atoms with Gasteiger partial charge in [0.1, 0.15) is 6.10 Å². The van der Waals surface area contributed by atoms with Crippen molar-refractivity contribution in [3.63, 3.8) is 0 Å². The molecular formula is C15H15ClN4O2. The lowest BCUT2D eigenvalue weighted by Crippen LogP contribution is -2.44. The fourth-order valence-corrected chi connectivity index (χ4v) is 2.50. The number of ether oxygens (including phenoxy) is 1. The first-order chi connectivity index (χ1) is 10.7. The van der Waals surface area contributed by atoms with E-state index in [1.807, 2.05) is 0 Å². The highest BCUT2D eigenvalue weighted by atomic mass is 35.5. The lowest BCUT2D eigenvalue weighted by Gasteiger charge is -2.32. The summed E-state index contributed by atoms with van der Waals surface area (Å²) in [4.78, 5) is 26.2. The summed E-state index contributed by atoms with van der Waals surface area (Å²) < 4.78 is 5.74. The summed E-state index contributed by atoms with van der Waals surface area (Å²) in [7, 11) is 0. The molecule has 22 heavy (non-hydrogen) atoms. The Morgan fingerprint density at radius 1 is 1.32 bits per heavy atom. The van der Waals surface area contributed by atoms with E-state index in [0.717, 1.165) is 19.4 Å². The molecule has 0 saturated carbocycles. The van der Waals surface area contributed by atoms with Crippen LogP contribution in [0.5, 0.6) is 6.01 Å². The highest BCUT2D eigenvalue weighted by molar-refractivity contribution is 6.30. The number of nitrogens with zero attached hydrogens (tertiary/aromatic N) is 4. The molecule has 1 aliphatic rings. The van der Waals surface area contributed by atoms with Crippen molar-refractivity contribution < 1.29 is 9.53 Å². The molecule has 0 spiro atoms. The van der Waals surface area contributed by atoms with Gasteiger partial charge < -0.3 is 9.64 Å². The Balaban J connectivity index is 1.64. The van der Waals surface area contributed by atoms with E-state index in [1.165, 1.54) is 12.4 Å². The molecule has 1 aliphatic heterocycles. The van der Waals surface area contributed by atoms with E-state index in [4.69, 9.17) is 16.3 Å². The zero-order valence-electron chi connectivity index (χ0n) is 11.9. The fourth-order valence-electron chi connectivity index (χ4n) is 2.40. The van der Waals surface area contributed by atoms with Crippen LogP contribution in [0.4, 0.5) is 0 Å². The fraction of sp³-hybridized carbons (Fsp3) is 0.333. The third-order valence-corrected chi connectivity index (χ3v) is 3.64. The van der Waals surface area contributed by atoms with Gasteiger partial charge in [-0.15, -0.1) is 0 Å². The molecule has 2 aromatic rings. The van der Waals surface area contributed by atoms with Gasteiger partial charge in [0, 0.05) is 18.9 Å². The number of rotatable bonds is 3. The zero-order valence-corrected chi connectivity index (χ0v) is 12.6. The van der Waals surface area contributed by atoms with Gasteiger partial charge in [0.05, 0.1) is 29.5 Å². The number of amides is 1. The van der Waals surface area contributed by atoms with Gasteiger partial charge in [-0.25, -0.2) is 9.97 Å². The molecule has 0 aromatic carbocycles. The molecule has 1 unspecified atom stereocenters. The summed E-state index contributed by atoms with van der Waals surface area (Å²) in [6.45, 7) is 1.23. The van der Waals surface area contributed by atoms with Crippen LogP contribution < -0.4 is 4.74 Å². The summed E-state index contributed by atoms with van der Waals surface area (Å²) in [6.07, 6.45) is 7.84. The van der Waals surface area contributed by atoms with E-state index in [0.29, 0.717) is 17.1 Å². The summed E-state index contributed by atoms with van der Waals surface area (Å²) in [5, 5.41) is 0.462. The maximum atomic E-state index is 12.4. The standard InChI is InChI=1S/C15H15ClN4O2/c16-12-8-18-15(19-9-12)22-13-4-2-6-20(10-13)14(21)11-3-1-5-17-7-11/h1,3,5,7-9,13H,2,4,6,10H2. The number of carbonyl (C=O) groups excluding carboxylic acids is 1. The summed E-state index contributed by atoms with van der Waals surface area (Å²) in [6, 6.07) is 3.81. The van der Waals surface area contributed by atoms with E-state index in [9.17, 15) is 4.79 Å². The maximum Gasteiger partial charge on any atom is 0.316 e. The minimum Gasteiger partial charge on any atom is -0.458 e. The van der Waals surface area contributed by atoms with Crippen LogP contribution in [0, 0.1) is 0 Å². The molecule has 6 nitrogen and oxygen atoms in total. The number of hydrogen-bond acceptors (Lipinski definition) is 5. The van der Waals surface area contributed by atoms with Crippen LogP contribution in [0.25, 0.3) is 0 Å². The topological polar surface area (TPSA) is 68.2 Å². The number of aromatic nitrogens is 3. The third kappa shape index (κ3) is 3.51. The van der Waals surface area contributed by atoms with Gasteiger partial charge in [-0.3, -0.25) is 9.78 Å². The largest absolute Gasteiger partial charge is 0.458 e. The van der Waals surface area contributed by atoms with Gasteiger partial charge in [0.15, 0.2) is 0 Å². The van der Waals surface area contributed by atoms with Crippen LogP contribution in [-0.4, -0.2) is 45.0 Å². The molecule has 7 heteroatoms. The van der Waals surface area contributed by atoms with Gasteiger partial charge in [-0.2, -0.15) is 0 Å². The van der Waals surface area contributed by atoms with Crippen LogP contribution in [-0.2, 0) is 0 Å². The number of likely N-dealkylation sites (tertiary alicyclic amines) is 1. The molecular weight excluding hydrogens is 304 g/mol. The molecule has 1 fully saturated rings. The van der Waals surface area contributed by atoms with E-state index in [2.05, 4.69) is 15.0 Å². The second kappa shape index (κ2) is 6.70. The predicted octanol–water partition coefficient (Wildman–Crippen LogP) is 2.21. The van der Waals surface area contributed by atoms with Crippen molar-refractivity contribution in [1.29, 1.82) is 0 Å². The number of carbonyl (C=O) groups is 1. The lowest BCUT2D eigenvalue weighted by molar-refractivity contribution is 0.0515. The highest BCUT2D eigenvalue weighted by Crippen LogP contribution is 2.17. The normalized spacial score (nSPS) is 18.0. The molecule has 1 amide bonds. The second-order valence-electron chi connectivity index (χ2n) is 5.06. The molecule has 0 aliphatic carbocycles. The van der Waals surface area contributed by atoms with Gasteiger partial charge in [-0.1, -0.05) is 11.6 Å². The van der Waals surface area contributed by atoms with E-state index < -0.39 is 0 Å². The van der Waals surface area contributed by atoms with Crippen molar-refractivity contribution in [2.75, 3.05) is 13.1 Å². The average Bonchev–Trinajstić information content (AvgIpc) is 2.57. The Morgan fingerprint density at radius 3 is 2.86 bits per heavy atom. The predicted molar refractivity (Wildman–Crippen MR) is 80.8 cm³/mol. The number of piperidine rings is 1. The molecule has 1 saturated heterocycles. The van der Waals surface area contributed by atoms with Crippen molar-refractivity contribution in [2.24, 2.45) is 0 Å². The Morgan fingerprint density at radius 2 is 2.14 bits per heavy atom. The van der Waals surface area contributed by atoms with Crippen LogP contribution in [0.3, 0.4) is 0 Å². The smallest absolute Gasteiger partial charge is 0.316 e. The zero-order chi connectivity index (χ0) is 15.4. The molecule has 114 valence electrons. The van der Waals surface area contributed by atoms with Crippen LogP contribution >= 0.6 is 11.6 Å². The lowest BCUT2D eigenvalue weighted by atomic mass is 10.1. The van der Waals surface area contributed by atoms with Crippen molar-refractivity contribution >= 4 is 17.5 Å². The van der Waals surface area contributed by atoms with Gasteiger partial charge in [0.2, 0.25) is 0 Å². The van der Waals surface area contributed by atoms with Crippen LogP contribution in [0.15, 0.2) is 36.9 Å². The minimum atomic E-state index is -0.115. The van der Waals surface area contributed by atoms with E-state index in [-0.39, 0.29) is 18.0 Å². The van der Waals surface area contributed by atoms with E-state index in [1.54, 1.807) is 29.4 Å². The average molecular weight is 319 g/mol. The molecule has 3 heterocycles. The molecule has 0 radical (unpaired) electrons. The monoisotopic (exact) mass is 318 g/mol. The number of halogens is 1. The van der Waals surface area contributed by atoms with Crippen LogP contribution in [0.2, 0.25) is 5.02 Å². The Hall–Kier alpha value is -2.21. The van der Waals surface area contributed by atoms with Crippen molar-refractivity contribution in [1.82, 2.24) is 19.9 Å². The molecule has 0 N–H and O–H groups in total. The first-order valence-electron chi connectivity index (χ1n) is 7.06. The highest BCUT2D eigenvalue weighted by Gasteiger charge is 2.26. The first-order valence-corrected chi connectivity index (χ1v) is 7.43. The Bertz CT molecular complexity index is 636. The van der Waals surface area contributed by atoms with Crippen molar-refractivity contribution in [3.05, 3.63) is 47.5 Å². The van der Waals surface area contributed by atoms with Gasteiger partial charge in [-0.05, 0) is 25.0 Å². The minimum absolute atomic E-state index is 0.0292. The molecule has 1 atom stereocenters. The van der Waals surface area contributed by atoms with E-state index >= 15 is 0 Å².